The summed E-state index contributed by atoms with van der Waals surface area (Å²) in [6, 6.07) is 13.9. The quantitative estimate of drug-likeness (QED) is 0.802. The molecule has 0 aromatic heterocycles. The minimum absolute atomic E-state index is 0.390. The van der Waals surface area contributed by atoms with Gasteiger partial charge in [0.15, 0.2) is 5.60 Å². The number of ether oxygens (including phenoxy) is 1. The first-order valence-electron chi connectivity index (χ1n) is 7.96. The summed E-state index contributed by atoms with van der Waals surface area (Å²) in [5, 5.41) is 0.580. The first-order valence-corrected chi connectivity index (χ1v) is 8.34. The van der Waals surface area contributed by atoms with Gasteiger partial charge >= 0.3 is 0 Å². The minimum atomic E-state index is -1.17. The summed E-state index contributed by atoms with van der Waals surface area (Å²) in [5.41, 5.74) is 5.22. The maximum absolute atomic E-state index is 12.3. The molecule has 0 aliphatic rings. The number of halogens is 1. The van der Waals surface area contributed by atoms with E-state index < -0.39 is 17.4 Å². The summed E-state index contributed by atoms with van der Waals surface area (Å²) in [5.74, 6) is -0.356. The summed E-state index contributed by atoms with van der Waals surface area (Å²) in [6.45, 7) is 5.26. The van der Waals surface area contributed by atoms with E-state index >= 15 is 0 Å². The average Bonchev–Trinajstić information content (AvgIpc) is 2.61. The van der Waals surface area contributed by atoms with Crippen molar-refractivity contribution < 1.29 is 14.3 Å². The van der Waals surface area contributed by atoms with Crippen LogP contribution < -0.4 is 15.6 Å². The van der Waals surface area contributed by atoms with Crippen molar-refractivity contribution in [2.24, 2.45) is 0 Å². The normalized spacial score (nSPS) is 10.9. The van der Waals surface area contributed by atoms with Crippen LogP contribution in [-0.4, -0.2) is 17.4 Å². The number of aryl methyl sites for hydroxylation is 1. The monoisotopic (exact) mass is 360 g/mol. The molecule has 0 radical (unpaired) electrons. The van der Waals surface area contributed by atoms with Gasteiger partial charge in [-0.25, -0.2) is 0 Å². The molecule has 0 aliphatic carbocycles. The molecule has 0 saturated carbocycles. The molecule has 0 bridgehead atoms. The van der Waals surface area contributed by atoms with E-state index in [9.17, 15) is 9.59 Å². The molecule has 0 saturated heterocycles. The second-order valence-corrected chi connectivity index (χ2v) is 6.46. The number of amides is 2. The third-order valence-electron chi connectivity index (χ3n) is 3.65. The topological polar surface area (TPSA) is 67.4 Å². The Labute approximate surface area is 152 Å². The third-order valence-corrected chi connectivity index (χ3v) is 3.90. The summed E-state index contributed by atoms with van der Waals surface area (Å²) < 4.78 is 5.66. The zero-order valence-electron chi connectivity index (χ0n) is 14.4. The highest BCUT2D eigenvalue weighted by molar-refractivity contribution is 6.30. The van der Waals surface area contributed by atoms with Gasteiger partial charge in [-0.2, -0.15) is 0 Å². The number of hydrogen-bond acceptors (Lipinski definition) is 3. The van der Waals surface area contributed by atoms with E-state index in [4.69, 9.17) is 16.3 Å². The lowest BCUT2D eigenvalue weighted by Gasteiger charge is -2.25. The van der Waals surface area contributed by atoms with Gasteiger partial charge in [-0.3, -0.25) is 20.4 Å². The van der Waals surface area contributed by atoms with Crippen LogP contribution in [0.25, 0.3) is 0 Å². The van der Waals surface area contributed by atoms with Gasteiger partial charge in [0.2, 0.25) is 0 Å². The van der Waals surface area contributed by atoms with Crippen LogP contribution in [0.5, 0.6) is 5.75 Å². The molecule has 0 atom stereocenters. The van der Waals surface area contributed by atoms with Gasteiger partial charge in [0.1, 0.15) is 5.75 Å². The summed E-state index contributed by atoms with van der Waals surface area (Å²) in [4.78, 5) is 24.4. The van der Waals surface area contributed by atoms with Gasteiger partial charge in [0.05, 0.1) is 0 Å². The predicted octanol–water partition coefficient (Wildman–Crippen LogP) is 3.52. The molecule has 2 rings (SSSR count). The molecular weight excluding hydrogens is 340 g/mol. The van der Waals surface area contributed by atoms with E-state index in [1.54, 1.807) is 50.2 Å². The van der Waals surface area contributed by atoms with E-state index in [0.717, 1.165) is 12.0 Å². The van der Waals surface area contributed by atoms with E-state index in [0.29, 0.717) is 16.3 Å². The van der Waals surface area contributed by atoms with Gasteiger partial charge in [-0.1, -0.05) is 30.7 Å². The van der Waals surface area contributed by atoms with Crippen LogP contribution in [-0.2, 0) is 11.2 Å². The van der Waals surface area contributed by atoms with Crippen molar-refractivity contribution in [2.75, 3.05) is 0 Å². The lowest BCUT2D eigenvalue weighted by molar-refractivity contribution is -0.135. The van der Waals surface area contributed by atoms with Crippen LogP contribution >= 0.6 is 11.6 Å². The van der Waals surface area contributed by atoms with Crippen LogP contribution in [0.3, 0.4) is 0 Å². The molecule has 0 spiro atoms. The van der Waals surface area contributed by atoms with Crippen molar-refractivity contribution >= 4 is 23.4 Å². The Bertz CT molecular complexity index is 740. The summed E-state index contributed by atoms with van der Waals surface area (Å²) in [7, 11) is 0. The lowest BCUT2D eigenvalue weighted by Crippen LogP contribution is -2.53. The zero-order valence-corrected chi connectivity index (χ0v) is 15.2. The smallest absolute Gasteiger partial charge is 0.281 e. The second-order valence-electron chi connectivity index (χ2n) is 6.03. The fraction of sp³-hybridized carbons (Fsp3) is 0.263. The highest BCUT2D eigenvalue weighted by Crippen LogP contribution is 2.20. The summed E-state index contributed by atoms with van der Waals surface area (Å²) in [6.07, 6.45) is 0.898. The van der Waals surface area contributed by atoms with Crippen molar-refractivity contribution in [1.29, 1.82) is 0 Å². The van der Waals surface area contributed by atoms with E-state index in [1.807, 2.05) is 19.1 Å². The van der Waals surface area contributed by atoms with Gasteiger partial charge in [-0.15, -0.1) is 0 Å². The Hall–Kier alpha value is -2.53. The maximum atomic E-state index is 12.3. The Balaban J connectivity index is 1.93. The predicted molar refractivity (Wildman–Crippen MR) is 97.6 cm³/mol. The fourth-order valence-corrected chi connectivity index (χ4v) is 2.20. The molecule has 2 amide bonds. The molecule has 0 heterocycles. The Kier molecular flexibility index (Phi) is 6.04. The van der Waals surface area contributed by atoms with Gasteiger partial charge in [-0.05, 0) is 62.2 Å². The third kappa shape index (κ3) is 5.22. The van der Waals surface area contributed by atoms with Crippen molar-refractivity contribution in [2.45, 2.75) is 32.8 Å². The molecule has 132 valence electrons. The zero-order chi connectivity index (χ0) is 18.4. The lowest BCUT2D eigenvalue weighted by atomic mass is 10.1. The van der Waals surface area contributed by atoms with Crippen molar-refractivity contribution in [3.63, 3.8) is 0 Å². The van der Waals surface area contributed by atoms with Gasteiger partial charge in [0, 0.05) is 10.6 Å². The van der Waals surface area contributed by atoms with Crippen molar-refractivity contribution in [3.05, 3.63) is 64.7 Å². The Morgan fingerprint density at radius 2 is 1.60 bits per heavy atom. The van der Waals surface area contributed by atoms with Crippen LogP contribution in [0, 0.1) is 0 Å². The molecular formula is C19H21ClN2O3. The summed E-state index contributed by atoms with van der Waals surface area (Å²) >= 11 is 5.82. The van der Waals surface area contributed by atoms with Gasteiger partial charge < -0.3 is 4.74 Å². The average molecular weight is 361 g/mol. The van der Waals surface area contributed by atoms with Crippen LogP contribution in [0.1, 0.15) is 36.7 Å². The van der Waals surface area contributed by atoms with Crippen LogP contribution in [0.15, 0.2) is 48.5 Å². The number of carbonyl (C=O) groups is 2. The van der Waals surface area contributed by atoms with E-state index in [-0.39, 0.29) is 0 Å². The largest absolute Gasteiger partial charge is 0.478 e. The fourth-order valence-electron chi connectivity index (χ4n) is 2.07. The molecule has 2 aromatic carbocycles. The Morgan fingerprint density at radius 3 is 2.16 bits per heavy atom. The van der Waals surface area contributed by atoms with E-state index in [2.05, 4.69) is 10.9 Å². The minimum Gasteiger partial charge on any atom is -0.478 e. The first kappa shape index (κ1) is 18.8. The number of hydrazine groups is 1. The SMILES string of the molecule is CCc1ccc(C(=O)NNC(=O)C(C)(C)Oc2ccc(Cl)cc2)cc1. The van der Waals surface area contributed by atoms with E-state index in [1.165, 1.54) is 0 Å². The molecule has 6 heteroatoms. The molecule has 2 N–H and O–H groups in total. The number of carbonyl (C=O) groups excluding carboxylic acids is 2. The van der Waals surface area contributed by atoms with Crippen LogP contribution in [0.4, 0.5) is 0 Å². The highest BCUT2D eigenvalue weighted by atomic mass is 35.5. The second kappa shape index (κ2) is 8.03. The van der Waals surface area contributed by atoms with Crippen molar-refractivity contribution in [1.82, 2.24) is 10.9 Å². The number of hydrogen-bond donors (Lipinski definition) is 2. The molecule has 0 unspecified atom stereocenters. The maximum Gasteiger partial charge on any atom is 0.281 e. The molecule has 5 nitrogen and oxygen atoms in total. The number of nitrogens with one attached hydrogen (secondary N) is 2. The molecule has 0 fully saturated rings. The van der Waals surface area contributed by atoms with Crippen LogP contribution in [0.2, 0.25) is 5.02 Å². The van der Waals surface area contributed by atoms with Crippen molar-refractivity contribution in [3.8, 4) is 5.75 Å². The number of rotatable bonds is 5. The molecule has 25 heavy (non-hydrogen) atoms. The Morgan fingerprint density at radius 1 is 1.00 bits per heavy atom. The molecule has 0 aliphatic heterocycles. The molecule has 2 aromatic rings. The highest BCUT2D eigenvalue weighted by Gasteiger charge is 2.30. The standard InChI is InChI=1S/C19H21ClN2O3/c1-4-13-5-7-14(8-6-13)17(23)21-22-18(24)19(2,3)25-16-11-9-15(20)10-12-16/h5-12H,4H2,1-3H3,(H,21,23)(H,22,24). The number of benzene rings is 2. The first-order chi connectivity index (χ1) is 11.8. The van der Waals surface area contributed by atoms with Gasteiger partial charge in [0.25, 0.3) is 11.8 Å².